The number of hydrogen-bond donors (Lipinski definition) is 3. The lowest BCUT2D eigenvalue weighted by Gasteiger charge is -2.10. The van der Waals surface area contributed by atoms with Gasteiger partial charge in [0.15, 0.2) is 0 Å². The Hall–Kier alpha value is -1.11. The number of carbonyl (C=O) groups is 2. The maximum atomic E-state index is 11.9. The molecule has 0 bridgehead atoms. The van der Waals surface area contributed by atoms with Crippen LogP contribution in [0.1, 0.15) is 34.3 Å². The van der Waals surface area contributed by atoms with E-state index in [1.165, 1.54) is 31.1 Å². The van der Waals surface area contributed by atoms with Gasteiger partial charge < -0.3 is 16.4 Å². The van der Waals surface area contributed by atoms with E-state index < -0.39 is 0 Å². The fraction of sp³-hybridized carbons (Fsp3) is 0.538. The van der Waals surface area contributed by atoms with Crippen LogP contribution in [0, 0.1) is 5.92 Å². The van der Waals surface area contributed by atoms with Crippen LogP contribution in [-0.2, 0) is 11.3 Å². The molecule has 7 heteroatoms. The Balaban J connectivity index is 0.00000200. The third-order valence-corrected chi connectivity index (χ3v) is 4.21. The third-order valence-electron chi connectivity index (χ3n) is 3.12. The second-order valence-corrected chi connectivity index (χ2v) is 6.06. The van der Waals surface area contributed by atoms with Gasteiger partial charge in [0.2, 0.25) is 5.91 Å². The van der Waals surface area contributed by atoms with E-state index in [1.54, 1.807) is 6.07 Å². The molecule has 1 saturated carbocycles. The maximum Gasteiger partial charge on any atom is 0.261 e. The zero-order chi connectivity index (χ0) is 13.8. The van der Waals surface area contributed by atoms with Crippen LogP contribution in [0.5, 0.6) is 0 Å². The number of hydrogen-bond acceptors (Lipinski definition) is 4. The van der Waals surface area contributed by atoms with Crippen LogP contribution in [-0.4, -0.2) is 24.4 Å². The highest BCUT2D eigenvalue weighted by Crippen LogP contribution is 2.31. The standard InChI is InChI=1S/C13H19N3O2S.ClH/c1-8(17)15-6-10-4-5-12(19-10)13(18)16-7-11(14)9-2-3-9;/h4-5,9,11H,2-3,6-7,14H2,1H3,(H,15,17)(H,16,18);1H. The summed E-state index contributed by atoms with van der Waals surface area (Å²) in [6.07, 6.45) is 2.35. The van der Waals surface area contributed by atoms with Crippen molar-refractivity contribution in [2.45, 2.75) is 32.4 Å². The quantitative estimate of drug-likeness (QED) is 0.739. The highest BCUT2D eigenvalue weighted by Gasteiger charge is 2.28. The molecule has 1 atom stereocenters. The Labute approximate surface area is 128 Å². The molecule has 1 aliphatic rings. The predicted molar refractivity (Wildman–Crippen MR) is 82.1 cm³/mol. The van der Waals surface area contributed by atoms with Crippen LogP contribution in [0.4, 0.5) is 0 Å². The molecule has 1 unspecified atom stereocenters. The Bertz CT molecular complexity index is 474. The first kappa shape index (κ1) is 16.9. The number of carbonyl (C=O) groups excluding carboxylic acids is 2. The monoisotopic (exact) mass is 317 g/mol. The number of nitrogens with one attached hydrogen (secondary N) is 2. The maximum absolute atomic E-state index is 11.9. The van der Waals surface area contributed by atoms with Gasteiger partial charge in [-0.05, 0) is 30.9 Å². The molecule has 4 N–H and O–H groups in total. The Kier molecular flexibility index (Phi) is 6.45. The van der Waals surface area contributed by atoms with E-state index in [0.717, 1.165) is 4.88 Å². The summed E-state index contributed by atoms with van der Waals surface area (Å²) in [5, 5.41) is 5.56. The first-order valence-corrected chi connectivity index (χ1v) is 7.25. The third kappa shape index (κ3) is 5.11. The van der Waals surface area contributed by atoms with Gasteiger partial charge in [0.1, 0.15) is 0 Å². The molecule has 2 amide bonds. The van der Waals surface area contributed by atoms with Crippen molar-refractivity contribution in [2.24, 2.45) is 11.7 Å². The zero-order valence-corrected chi connectivity index (χ0v) is 13.0. The van der Waals surface area contributed by atoms with Crippen LogP contribution >= 0.6 is 23.7 Å². The SMILES string of the molecule is CC(=O)NCc1ccc(C(=O)NCC(N)C2CC2)s1.Cl. The van der Waals surface area contributed by atoms with Crippen LogP contribution in [0.25, 0.3) is 0 Å². The van der Waals surface area contributed by atoms with Gasteiger partial charge >= 0.3 is 0 Å². The van der Waals surface area contributed by atoms with Crippen molar-refractivity contribution < 1.29 is 9.59 Å². The van der Waals surface area contributed by atoms with Crippen LogP contribution < -0.4 is 16.4 Å². The largest absolute Gasteiger partial charge is 0.351 e. The van der Waals surface area contributed by atoms with Crippen molar-refractivity contribution in [3.8, 4) is 0 Å². The minimum Gasteiger partial charge on any atom is -0.351 e. The molecule has 112 valence electrons. The first-order chi connectivity index (χ1) is 9.06. The lowest BCUT2D eigenvalue weighted by atomic mass is 10.2. The van der Waals surface area contributed by atoms with Crippen LogP contribution in [0.15, 0.2) is 12.1 Å². The fourth-order valence-electron chi connectivity index (χ4n) is 1.80. The molecule has 1 fully saturated rings. The highest BCUT2D eigenvalue weighted by molar-refractivity contribution is 7.14. The summed E-state index contributed by atoms with van der Waals surface area (Å²) < 4.78 is 0. The van der Waals surface area contributed by atoms with E-state index in [0.29, 0.717) is 23.9 Å². The summed E-state index contributed by atoms with van der Waals surface area (Å²) in [4.78, 5) is 24.3. The number of nitrogens with two attached hydrogens (primary N) is 1. The summed E-state index contributed by atoms with van der Waals surface area (Å²) in [6, 6.07) is 3.71. The minimum atomic E-state index is -0.0878. The first-order valence-electron chi connectivity index (χ1n) is 6.43. The van der Waals surface area contributed by atoms with E-state index in [-0.39, 0.29) is 30.3 Å². The van der Waals surface area contributed by atoms with Crippen molar-refractivity contribution in [1.29, 1.82) is 0 Å². The molecule has 0 saturated heterocycles. The molecule has 2 rings (SSSR count). The topological polar surface area (TPSA) is 84.2 Å². The van der Waals surface area contributed by atoms with Gasteiger partial charge in [-0.3, -0.25) is 9.59 Å². The molecule has 5 nitrogen and oxygen atoms in total. The smallest absolute Gasteiger partial charge is 0.261 e. The van der Waals surface area contributed by atoms with Gasteiger partial charge in [0, 0.05) is 24.4 Å². The van der Waals surface area contributed by atoms with E-state index in [4.69, 9.17) is 5.73 Å². The number of halogens is 1. The van der Waals surface area contributed by atoms with Crippen LogP contribution in [0.2, 0.25) is 0 Å². The molecular weight excluding hydrogens is 298 g/mol. The van der Waals surface area contributed by atoms with Gasteiger partial charge in [-0.1, -0.05) is 0 Å². The average molecular weight is 318 g/mol. The van der Waals surface area contributed by atoms with E-state index in [1.807, 2.05) is 6.07 Å². The van der Waals surface area contributed by atoms with E-state index in [2.05, 4.69) is 10.6 Å². The van der Waals surface area contributed by atoms with Gasteiger partial charge in [-0.2, -0.15) is 0 Å². The number of rotatable bonds is 6. The number of amides is 2. The van der Waals surface area contributed by atoms with Crippen molar-refractivity contribution in [2.75, 3.05) is 6.54 Å². The molecule has 0 radical (unpaired) electrons. The lowest BCUT2D eigenvalue weighted by molar-refractivity contribution is -0.119. The lowest BCUT2D eigenvalue weighted by Crippen LogP contribution is -2.38. The summed E-state index contributed by atoms with van der Waals surface area (Å²) in [5.74, 6) is 0.420. The molecular formula is C13H20ClN3O2S. The Morgan fingerprint density at radius 1 is 1.40 bits per heavy atom. The molecule has 1 aromatic heterocycles. The predicted octanol–water partition coefficient (Wildman–Crippen LogP) is 1.27. The van der Waals surface area contributed by atoms with Gasteiger partial charge in [0.25, 0.3) is 5.91 Å². The Morgan fingerprint density at radius 2 is 2.10 bits per heavy atom. The molecule has 1 aromatic rings. The summed E-state index contributed by atoms with van der Waals surface area (Å²) in [5.41, 5.74) is 5.93. The summed E-state index contributed by atoms with van der Waals surface area (Å²) in [6.45, 7) is 2.47. The molecule has 0 aromatic carbocycles. The highest BCUT2D eigenvalue weighted by atomic mass is 35.5. The average Bonchev–Trinajstić information content (AvgIpc) is 3.12. The van der Waals surface area contributed by atoms with Crippen molar-refractivity contribution in [3.05, 3.63) is 21.9 Å². The second kappa shape index (κ2) is 7.61. The zero-order valence-electron chi connectivity index (χ0n) is 11.3. The fourth-order valence-corrected chi connectivity index (χ4v) is 2.66. The molecule has 0 spiro atoms. The van der Waals surface area contributed by atoms with Crippen molar-refractivity contribution in [1.82, 2.24) is 10.6 Å². The number of thiophene rings is 1. The van der Waals surface area contributed by atoms with E-state index >= 15 is 0 Å². The van der Waals surface area contributed by atoms with Crippen molar-refractivity contribution >= 4 is 35.6 Å². The summed E-state index contributed by atoms with van der Waals surface area (Å²) >= 11 is 1.39. The normalized spacial score (nSPS) is 15.1. The molecule has 1 heterocycles. The van der Waals surface area contributed by atoms with Crippen LogP contribution in [0.3, 0.4) is 0 Å². The minimum absolute atomic E-state index is 0. The second-order valence-electron chi connectivity index (χ2n) is 4.89. The summed E-state index contributed by atoms with van der Waals surface area (Å²) in [7, 11) is 0. The van der Waals surface area contributed by atoms with Gasteiger partial charge in [-0.25, -0.2) is 0 Å². The van der Waals surface area contributed by atoms with Gasteiger partial charge in [0.05, 0.1) is 11.4 Å². The van der Waals surface area contributed by atoms with Crippen molar-refractivity contribution in [3.63, 3.8) is 0 Å². The molecule has 0 aliphatic heterocycles. The molecule has 20 heavy (non-hydrogen) atoms. The van der Waals surface area contributed by atoms with E-state index in [9.17, 15) is 9.59 Å². The molecule has 1 aliphatic carbocycles. The van der Waals surface area contributed by atoms with Gasteiger partial charge in [-0.15, -0.1) is 23.7 Å². The Morgan fingerprint density at radius 3 is 2.70 bits per heavy atom.